The third-order valence-corrected chi connectivity index (χ3v) is 3.94. The summed E-state index contributed by atoms with van der Waals surface area (Å²) in [5, 5.41) is 3.83. The number of hydrogen-bond acceptors (Lipinski definition) is 2. The fourth-order valence-electron chi connectivity index (χ4n) is 2.47. The average Bonchev–Trinajstić information content (AvgIpc) is 2.41. The van der Waals surface area contributed by atoms with E-state index in [1.54, 1.807) is 0 Å². The molecule has 3 N–H and O–H groups in total. The van der Waals surface area contributed by atoms with E-state index in [2.05, 4.69) is 5.32 Å². The van der Waals surface area contributed by atoms with Gasteiger partial charge in [0.25, 0.3) is 0 Å². The fourth-order valence-corrected chi connectivity index (χ4v) is 2.60. The van der Waals surface area contributed by atoms with Gasteiger partial charge in [-0.25, -0.2) is 0 Å². The Hall–Kier alpha value is -0.770. The van der Waals surface area contributed by atoms with Crippen molar-refractivity contribution < 1.29 is 4.79 Å². The molecule has 1 amide bonds. The molecular formula is C15H22Cl2N2O. The SMILES string of the molecule is Cl.NC1CCC(NC(=O)CCc2ccc(Cl)cc2)CC1. The number of carbonyl (C=O) groups is 1. The highest BCUT2D eigenvalue weighted by Gasteiger charge is 2.19. The number of aryl methyl sites for hydroxylation is 1. The van der Waals surface area contributed by atoms with Crippen molar-refractivity contribution in [2.45, 2.75) is 50.6 Å². The van der Waals surface area contributed by atoms with Crippen LogP contribution in [0.4, 0.5) is 0 Å². The lowest BCUT2D eigenvalue weighted by Gasteiger charge is -2.26. The lowest BCUT2D eigenvalue weighted by molar-refractivity contribution is -0.122. The minimum Gasteiger partial charge on any atom is -0.353 e. The Morgan fingerprint density at radius 1 is 1.20 bits per heavy atom. The zero-order chi connectivity index (χ0) is 13.7. The van der Waals surface area contributed by atoms with Crippen LogP contribution in [0.5, 0.6) is 0 Å². The number of benzene rings is 1. The van der Waals surface area contributed by atoms with E-state index in [1.807, 2.05) is 24.3 Å². The maximum Gasteiger partial charge on any atom is 0.220 e. The third-order valence-electron chi connectivity index (χ3n) is 3.69. The Bertz CT molecular complexity index is 414. The molecular weight excluding hydrogens is 295 g/mol. The van der Waals surface area contributed by atoms with Gasteiger partial charge in [0.15, 0.2) is 0 Å². The molecule has 1 aromatic carbocycles. The van der Waals surface area contributed by atoms with Crippen LogP contribution in [0.2, 0.25) is 5.02 Å². The Balaban J connectivity index is 0.00000200. The molecule has 0 spiro atoms. The number of carbonyl (C=O) groups excluding carboxylic acids is 1. The first-order chi connectivity index (χ1) is 9.13. The van der Waals surface area contributed by atoms with E-state index in [1.165, 1.54) is 0 Å². The summed E-state index contributed by atoms with van der Waals surface area (Å²) in [7, 11) is 0. The average molecular weight is 317 g/mol. The van der Waals surface area contributed by atoms with Gasteiger partial charge in [0.1, 0.15) is 0 Å². The van der Waals surface area contributed by atoms with Crippen molar-refractivity contribution in [3.63, 3.8) is 0 Å². The van der Waals surface area contributed by atoms with Crippen LogP contribution in [0.1, 0.15) is 37.7 Å². The predicted molar refractivity (Wildman–Crippen MR) is 85.4 cm³/mol. The van der Waals surface area contributed by atoms with E-state index < -0.39 is 0 Å². The van der Waals surface area contributed by atoms with Gasteiger partial charge >= 0.3 is 0 Å². The highest BCUT2D eigenvalue weighted by atomic mass is 35.5. The third kappa shape index (κ3) is 5.70. The van der Waals surface area contributed by atoms with Crippen LogP contribution < -0.4 is 11.1 Å². The van der Waals surface area contributed by atoms with Crippen molar-refractivity contribution in [2.75, 3.05) is 0 Å². The van der Waals surface area contributed by atoms with Gasteiger partial charge in [0, 0.05) is 23.5 Å². The van der Waals surface area contributed by atoms with E-state index in [0.717, 1.165) is 42.7 Å². The molecule has 3 nitrogen and oxygen atoms in total. The van der Waals surface area contributed by atoms with Gasteiger partial charge in [-0.3, -0.25) is 4.79 Å². The van der Waals surface area contributed by atoms with Crippen molar-refractivity contribution in [2.24, 2.45) is 5.73 Å². The molecule has 20 heavy (non-hydrogen) atoms. The molecule has 0 aliphatic heterocycles. The van der Waals surface area contributed by atoms with Crippen molar-refractivity contribution in [3.05, 3.63) is 34.9 Å². The molecule has 1 saturated carbocycles. The first kappa shape index (κ1) is 17.3. The summed E-state index contributed by atoms with van der Waals surface area (Å²) in [5.41, 5.74) is 6.99. The molecule has 1 aromatic rings. The monoisotopic (exact) mass is 316 g/mol. The Kier molecular flexibility index (Phi) is 7.35. The zero-order valence-electron chi connectivity index (χ0n) is 11.5. The van der Waals surface area contributed by atoms with Gasteiger partial charge < -0.3 is 11.1 Å². The maximum absolute atomic E-state index is 11.9. The number of nitrogens with one attached hydrogen (secondary N) is 1. The topological polar surface area (TPSA) is 55.1 Å². The van der Waals surface area contributed by atoms with Crippen LogP contribution in [0.15, 0.2) is 24.3 Å². The fraction of sp³-hybridized carbons (Fsp3) is 0.533. The van der Waals surface area contributed by atoms with Gasteiger partial charge in [-0.2, -0.15) is 0 Å². The van der Waals surface area contributed by atoms with Crippen LogP contribution in [-0.4, -0.2) is 18.0 Å². The lowest BCUT2D eigenvalue weighted by atomic mass is 9.92. The van der Waals surface area contributed by atoms with E-state index in [4.69, 9.17) is 17.3 Å². The number of amides is 1. The molecule has 0 atom stereocenters. The summed E-state index contributed by atoms with van der Waals surface area (Å²) < 4.78 is 0. The maximum atomic E-state index is 11.9. The van der Waals surface area contributed by atoms with Gasteiger partial charge in [0.05, 0.1) is 0 Å². The summed E-state index contributed by atoms with van der Waals surface area (Å²) in [6.07, 6.45) is 5.34. The lowest BCUT2D eigenvalue weighted by Crippen LogP contribution is -2.40. The molecule has 0 aromatic heterocycles. The van der Waals surface area contributed by atoms with E-state index >= 15 is 0 Å². The molecule has 0 heterocycles. The van der Waals surface area contributed by atoms with Crippen LogP contribution in [0, 0.1) is 0 Å². The van der Waals surface area contributed by atoms with Gasteiger partial charge in [-0.15, -0.1) is 12.4 Å². The standard InChI is InChI=1S/C15H21ClN2O.ClH/c16-12-4-1-11(2-5-12)3-10-15(19)18-14-8-6-13(17)7-9-14;/h1-2,4-5,13-14H,3,6-10,17H2,(H,18,19);1H. The zero-order valence-corrected chi connectivity index (χ0v) is 13.1. The van der Waals surface area contributed by atoms with Crippen LogP contribution >= 0.6 is 24.0 Å². The van der Waals surface area contributed by atoms with Gasteiger partial charge in [-0.05, 0) is 49.8 Å². The van der Waals surface area contributed by atoms with Gasteiger partial charge in [-0.1, -0.05) is 23.7 Å². The number of hydrogen-bond donors (Lipinski definition) is 2. The minimum absolute atomic E-state index is 0. The summed E-state index contributed by atoms with van der Waals surface area (Å²) >= 11 is 5.83. The predicted octanol–water partition coefficient (Wildman–Crippen LogP) is 3.08. The summed E-state index contributed by atoms with van der Waals surface area (Å²) in [5.74, 6) is 0.135. The second-order valence-electron chi connectivity index (χ2n) is 5.31. The van der Waals surface area contributed by atoms with Crippen LogP contribution in [0.3, 0.4) is 0 Å². The second kappa shape index (κ2) is 8.50. The highest BCUT2D eigenvalue weighted by molar-refractivity contribution is 6.30. The minimum atomic E-state index is 0. The van der Waals surface area contributed by atoms with Crippen molar-refractivity contribution in [1.82, 2.24) is 5.32 Å². The molecule has 0 radical (unpaired) electrons. The summed E-state index contributed by atoms with van der Waals surface area (Å²) in [6.45, 7) is 0. The molecule has 1 aliphatic carbocycles. The molecule has 0 saturated heterocycles. The molecule has 1 aliphatic rings. The van der Waals surface area contributed by atoms with E-state index in [-0.39, 0.29) is 18.3 Å². The first-order valence-electron chi connectivity index (χ1n) is 6.93. The van der Waals surface area contributed by atoms with Crippen molar-refractivity contribution in [1.29, 1.82) is 0 Å². The largest absolute Gasteiger partial charge is 0.353 e. The summed E-state index contributed by atoms with van der Waals surface area (Å²) in [6, 6.07) is 8.29. The smallest absolute Gasteiger partial charge is 0.220 e. The molecule has 5 heteroatoms. The molecule has 112 valence electrons. The van der Waals surface area contributed by atoms with E-state index in [9.17, 15) is 4.79 Å². The molecule has 0 bridgehead atoms. The quantitative estimate of drug-likeness (QED) is 0.896. The first-order valence-corrected chi connectivity index (χ1v) is 7.30. The Morgan fingerprint density at radius 2 is 1.80 bits per heavy atom. The normalized spacial score (nSPS) is 21.9. The number of nitrogens with two attached hydrogens (primary N) is 1. The van der Waals surface area contributed by atoms with Crippen molar-refractivity contribution >= 4 is 29.9 Å². The summed E-state index contributed by atoms with van der Waals surface area (Å²) in [4.78, 5) is 11.9. The molecule has 1 fully saturated rings. The van der Waals surface area contributed by atoms with Crippen LogP contribution in [-0.2, 0) is 11.2 Å². The molecule has 0 unspecified atom stereocenters. The van der Waals surface area contributed by atoms with E-state index in [0.29, 0.717) is 18.5 Å². The Morgan fingerprint density at radius 3 is 2.40 bits per heavy atom. The molecule has 2 rings (SSSR count). The van der Waals surface area contributed by atoms with Crippen LogP contribution in [0.25, 0.3) is 0 Å². The van der Waals surface area contributed by atoms with Crippen molar-refractivity contribution in [3.8, 4) is 0 Å². The highest BCUT2D eigenvalue weighted by Crippen LogP contribution is 2.17. The number of rotatable bonds is 4. The number of halogens is 2. The Labute approximate surface area is 131 Å². The second-order valence-corrected chi connectivity index (χ2v) is 5.74. The van der Waals surface area contributed by atoms with Gasteiger partial charge in [0.2, 0.25) is 5.91 Å².